The molecule has 1 aliphatic heterocycles. The highest BCUT2D eigenvalue weighted by Gasteiger charge is 2.29. The molecule has 0 fully saturated rings. The van der Waals surface area contributed by atoms with Crippen molar-refractivity contribution in [2.75, 3.05) is 16.2 Å². The molecule has 5 nitrogen and oxygen atoms in total. The molecule has 0 radical (unpaired) electrons. The van der Waals surface area contributed by atoms with Gasteiger partial charge in [-0.25, -0.2) is 17.2 Å². The molecule has 3 aromatic rings. The van der Waals surface area contributed by atoms with Gasteiger partial charge >= 0.3 is 0 Å². The number of fused-ring (bicyclic) bond motifs is 1. The largest absolute Gasteiger partial charge is 0.322 e. The zero-order valence-corrected chi connectivity index (χ0v) is 17.7. The second kappa shape index (κ2) is 8.28. The fraction of sp³-hybridized carbons (Fsp3) is 0.136. The van der Waals surface area contributed by atoms with Crippen molar-refractivity contribution >= 4 is 38.9 Å². The Kier molecular flexibility index (Phi) is 5.68. The normalized spacial score (nSPS) is 13.6. The average Bonchev–Trinajstić information content (AvgIpc) is 2.73. The van der Waals surface area contributed by atoms with E-state index in [0.717, 1.165) is 23.8 Å². The van der Waals surface area contributed by atoms with E-state index >= 15 is 0 Å². The lowest BCUT2D eigenvalue weighted by Gasteiger charge is -2.31. The molecule has 0 bridgehead atoms. The molecule has 1 aliphatic rings. The van der Waals surface area contributed by atoms with Crippen molar-refractivity contribution in [2.45, 2.75) is 17.7 Å². The quantitative estimate of drug-likeness (QED) is 0.592. The van der Waals surface area contributed by atoms with Crippen molar-refractivity contribution in [1.29, 1.82) is 0 Å². The minimum Gasteiger partial charge on any atom is -0.322 e. The van der Waals surface area contributed by atoms with Gasteiger partial charge in [-0.1, -0.05) is 23.7 Å². The number of benzene rings is 3. The number of carbonyl (C=O) groups excluding carboxylic acids is 1. The molecule has 0 saturated carbocycles. The fourth-order valence-electron chi connectivity index (χ4n) is 3.51. The van der Waals surface area contributed by atoms with Crippen molar-refractivity contribution in [3.05, 3.63) is 88.4 Å². The second-order valence-electron chi connectivity index (χ2n) is 7.03. The molecule has 3 aromatic carbocycles. The number of amides is 1. The van der Waals surface area contributed by atoms with Gasteiger partial charge in [0.2, 0.25) is 0 Å². The van der Waals surface area contributed by atoms with Crippen LogP contribution in [0.4, 0.5) is 20.2 Å². The molecule has 0 aromatic heterocycles. The highest BCUT2D eigenvalue weighted by Crippen LogP contribution is 2.34. The Morgan fingerprint density at radius 1 is 1.03 bits per heavy atom. The molecule has 9 heteroatoms. The molecule has 0 spiro atoms. The molecule has 0 atom stereocenters. The van der Waals surface area contributed by atoms with Gasteiger partial charge in [0.15, 0.2) is 0 Å². The Bertz CT molecular complexity index is 1240. The van der Waals surface area contributed by atoms with Crippen LogP contribution in [0, 0.1) is 11.6 Å². The number of aryl methyl sites for hydroxylation is 1. The number of nitrogens with zero attached hydrogens (tertiary/aromatic N) is 1. The van der Waals surface area contributed by atoms with Crippen molar-refractivity contribution in [1.82, 2.24) is 0 Å². The Labute approximate surface area is 183 Å². The van der Waals surface area contributed by atoms with E-state index in [1.165, 1.54) is 34.6 Å². The van der Waals surface area contributed by atoms with Crippen LogP contribution in [0.3, 0.4) is 0 Å². The molecule has 160 valence electrons. The van der Waals surface area contributed by atoms with Gasteiger partial charge in [0.25, 0.3) is 15.9 Å². The zero-order valence-electron chi connectivity index (χ0n) is 16.1. The molecular formula is C22H17ClF2N2O3S. The molecule has 1 N–H and O–H groups in total. The lowest BCUT2D eigenvalue weighted by Crippen LogP contribution is -2.35. The van der Waals surface area contributed by atoms with Crippen LogP contribution in [-0.4, -0.2) is 20.9 Å². The number of anilines is 2. The number of sulfonamides is 1. The zero-order chi connectivity index (χ0) is 22.2. The van der Waals surface area contributed by atoms with E-state index in [0.29, 0.717) is 24.2 Å². The number of hydrogen-bond donors (Lipinski definition) is 1. The second-order valence-corrected chi connectivity index (χ2v) is 9.30. The maximum absolute atomic E-state index is 14.1. The van der Waals surface area contributed by atoms with Crippen molar-refractivity contribution in [3.63, 3.8) is 0 Å². The van der Waals surface area contributed by atoms with E-state index in [-0.39, 0.29) is 22.0 Å². The van der Waals surface area contributed by atoms with E-state index in [2.05, 4.69) is 5.32 Å². The van der Waals surface area contributed by atoms with Gasteiger partial charge in [-0.3, -0.25) is 9.10 Å². The monoisotopic (exact) mass is 462 g/mol. The van der Waals surface area contributed by atoms with E-state index in [9.17, 15) is 22.0 Å². The lowest BCUT2D eigenvalue weighted by molar-refractivity contribution is 0.102. The van der Waals surface area contributed by atoms with E-state index < -0.39 is 27.6 Å². The molecular weight excluding hydrogens is 446 g/mol. The SMILES string of the molecule is O=C(Nc1ccc2c(c1)N(S(=O)(=O)c1ccc(F)cc1)CCC2)c1c(F)cccc1Cl. The average molecular weight is 463 g/mol. The van der Waals surface area contributed by atoms with Crippen LogP contribution in [0.1, 0.15) is 22.3 Å². The molecule has 0 unspecified atom stereocenters. The highest BCUT2D eigenvalue weighted by atomic mass is 35.5. The molecule has 31 heavy (non-hydrogen) atoms. The highest BCUT2D eigenvalue weighted by molar-refractivity contribution is 7.92. The molecule has 0 aliphatic carbocycles. The third kappa shape index (κ3) is 4.13. The first-order valence-electron chi connectivity index (χ1n) is 9.44. The Balaban J connectivity index is 1.68. The number of halogens is 3. The van der Waals surface area contributed by atoms with Crippen LogP contribution in [-0.2, 0) is 16.4 Å². The number of carbonyl (C=O) groups is 1. The lowest BCUT2D eigenvalue weighted by atomic mass is 10.0. The Morgan fingerprint density at radius 3 is 2.48 bits per heavy atom. The van der Waals surface area contributed by atoms with E-state index in [1.807, 2.05) is 0 Å². The van der Waals surface area contributed by atoms with E-state index in [4.69, 9.17) is 11.6 Å². The first-order chi connectivity index (χ1) is 14.8. The predicted molar refractivity (Wildman–Crippen MR) is 115 cm³/mol. The van der Waals surface area contributed by atoms with Crippen LogP contribution in [0.25, 0.3) is 0 Å². The molecule has 0 saturated heterocycles. The van der Waals surface area contributed by atoms with Gasteiger partial charge in [0, 0.05) is 12.2 Å². The summed E-state index contributed by atoms with van der Waals surface area (Å²) in [6.45, 7) is 0.239. The third-order valence-corrected chi connectivity index (χ3v) is 7.15. The van der Waals surface area contributed by atoms with Crippen molar-refractivity contribution in [2.24, 2.45) is 0 Å². The van der Waals surface area contributed by atoms with Gasteiger partial charge in [0.05, 0.1) is 21.2 Å². The maximum atomic E-state index is 14.1. The summed E-state index contributed by atoms with van der Waals surface area (Å²) < 4.78 is 54.8. The summed E-state index contributed by atoms with van der Waals surface area (Å²) in [6, 6.07) is 13.4. The predicted octanol–water partition coefficient (Wildman–Crippen LogP) is 5.01. The van der Waals surface area contributed by atoms with Crippen molar-refractivity contribution < 1.29 is 22.0 Å². The summed E-state index contributed by atoms with van der Waals surface area (Å²) >= 11 is 5.95. The van der Waals surface area contributed by atoms with Crippen LogP contribution >= 0.6 is 11.6 Å². The van der Waals surface area contributed by atoms with Crippen LogP contribution in [0.15, 0.2) is 65.6 Å². The fourth-order valence-corrected chi connectivity index (χ4v) is 5.29. The molecule has 1 amide bonds. The number of rotatable bonds is 4. The summed E-state index contributed by atoms with van der Waals surface area (Å²) in [5.41, 5.74) is 1.20. The first kappa shape index (κ1) is 21.3. The number of nitrogens with one attached hydrogen (secondary N) is 1. The van der Waals surface area contributed by atoms with Crippen LogP contribution in [0.2, 0.25) is 5.02 Å². The molecule has 1 heterocycles. The number of hydrogen-bond acceptors (Lipinski definition) is 3. The van der Waals surface area contributed by atoms with Gasteiger partial charge < -0.3 is 5.32 Å². The summed E-state index contributed by atoms with van der Waals surface area (Å²) in [5.74, 6) is -2.04. The summed E-state index contributed by atoms with van der Waals surface area (Å²) in [4.78, 5) is 12.5. The standard InChI is InChI=1S/C22H17ClF2N2O3S/c23-18-4-1-5-19(25)21(18)22(28)26-16-9-6-14-3-2-12-27(20(14)13-16)31(29,30)17-10-7-15(24)8-11-17/h1,4-11,13H,2-3,12H2,(H,26,28). The minimum absolute atomic E-state index is 0.0315. The van der Waals surface area contributed by atoms with Gasteiger partial charge in [0.1, 0.15) is 11.6 Å². The third-order valence-electron chi connectivity index (χ3n) is 5.01. The smallest absolute Gasteiger partial charge is 0.264 e. The summed E-state index contributed by atoms with van der Waals surface area (Å²) in [7, 11) is -3.93. The van der Waals surface area contributed by atoms with Gasteiger partial charge in [-0.05, 0) is 66.9 Å². The van der Waals surface area contributed by atoms with Crippen LogP contribution < -0.4 is 9.62 Å². The topological polar surface area (TPSA) is 66.5 Å². The van der Waals surface area contributed by atoms with E-state index in [1.54, 1.807) is 12.1 Å². The first-order valence-corrected chi connectivity index (χ1v) is 11.3. The maximum Gasteiger partial charge on any atom is 0.264 e. The summed E-state index contributed by atoms with van der Waals surface area (Å²) in [6.07, 6.45) is 1.28. The Morgan fingerprint density at radius 2 is 1.77 bits per heavy atom. The molecule has 4 rings (SSSR count). The van der Waals surface area contributed by atoms with Gasteiger partial charge in [-0.15, -0.1) is 0 Å². The Hall–Kier alpha value is -2.97. The van der Waals surface area contributed by atoms with Crippen molar-refractivity contribution in [3.8, 4) is 0 Å². The van der Waals surface area contributed by atoms with Crippen LogP contribution in [0.5, 0.6) is 0 Å². The van der Waals surface area contributed by atoms with Gasteiger partial charge in [-0.2, -0.15) is 0 Å². The summed E-state index contributed by atoms with van der Waals surface area (Å²) in [5, 5.41) is 2.54. The minimum atomic E-state index is -3.93.